The molecule has 1 aromatic heterocycles. The number of nitrogens with zero attached hydrogens (tertiary/aromatic N) is 2. The van der Waals surface area contributed by atoms with Crippen LogP contribution in [0.1, 0.15) is 101 Å². The zero-order chi connectivity index (χ0) is 40.0. The number of fused-ring (bicyclic) bond motifs is 3. The number of rotatable bonds is 14. The Morgan fingerprint density at radius 1 is 0.475 bits per heavy atom. The fourth-order valence-corrected chi connectivity index (χ4v) is 9.81. The molecule has 1 aliphatic rings. The Hall–Kier alpha value is -6.06. The summed E-state index contributed by atoms with van der Waals surface area (Å²) < 4.78 is 6.22. The summed E-state index contributed by atoms with van der Waals surface area (Å²) in [7, 11) is 0. The molecule has 0 aliphatic heterocycles. The zero-order valence-electron chi connectivity index (χ0n) is 34.7. The summed E-state index contributed by atoms with van der Waals surface area (Å²) >= 11 is 0. The van der Waals surface area contributed by atoms with E-state index in [1.165, 1.54) is 85.1 Å². The van der Waals surface area contributed by atoms with Crippen molar-refractivity contribution in [2.75, 3.05) is 9.80 Å². The topological polar surface area (TPSA) is 19.6 Å². The van der Waals surface area contributed by atoms with Crippen molar-refractivity contribution in [2.24, 2.45) is 0 Å². The van der Waals surface area contributed by atoms with Crippen LogP contribution < -0.4 is 9.80 Å². The molecule has 1 heterocycles. The van der Waals surface area contributed by atoms with Gasteiger partial charge in [-0.3, -0.25) is 0 Å². The van der Waals surface area contributed by atoms with E-state index in [1.54, 1.807) is 0 Å². The maximum absolute atomic E-state index is 6.22. The number of hydrogen-bond donors (Lipinski definition) is 0. The normalized spacial score (nSPS) is 14.3. The second-order valence-electron chi connectivity index (χ2n) is 16.5. The van der Waals surface area contributed by atoms with Crippen molar-refractivity contribution in [1.82, 2.24) is 0 Å². The Labute approximate surface area is 350 Å². The Morgan fingerprint density at radius 2 is 0.966 bits per heavy atom. The molecule has 1 aliphatic carbocycles. The van der Waals surface area contributed by atoms with Crippen LogP contribution in [0.15, 0.2) is 180 Å². The van der Waals surface area contributed by atoms with Crippen molar-refractivity contribution in [3.8, 4) is 0 Å². The van der Waals surface area contributed by atoms with Gasteiger partial charge in [-0.25, -0.2) is 0 Å². The minimum Gasteiger partial charge on any atom is -0.456 e. The van der Waals surface area contributed by atoms with Gasteiger partial charge in [-0.15, -0.1) is 0 Å². The molecule has 59 heavy (non-hydrogen) atoms. The molecule has 0 amide bonds. The van der Waals surface area contributed by atoms with E-state index >= 15 is 0 Å². The molecule has 9 rings (SSSR count). The molecule has 0 bridgehead atoms. The van der Waals surface area contributed by atoms with Crippen LogP contribution in [0.25, 0.3) is 21.9 Å². The lowest BCUT2D eigenvalue weighted by molar-refractivity contribution is 0.431. The predicted octanol–water partition coefficient (Wildman–Crippen LogP) is 16.8. The fourth-order valence-electron chi connectivity index (χ4n) is 9.81. The molecule has 7 aromatic carbocycles. The molecule has 0 saturated heterocycles. The first-order chi connectivity index (χ1) is 29.1. The number of hydrogen-bond acceptors (Lipinski definition) is 3. The lowest BCUT2D eigenvalue weighted by Gasteiger charge is -2.36. The third kappa shape index (κ3) is 7.79. The van der Waals surface area contributed by atoms with Gasteiger partial charge in [0.25, 0.3) is 0 Å². The molecule has 0 N–H and O–H groups in total. The van der Waals surface area contributed by atoms with Gasteiger partial charge < -0.3 is 14.2 Å². The Kier molecular flexibility index (Phi) is 11.4. The number of para-hydroxylation sites is 3. The maximum atomic E-state index is 6.22. The SMILES string of the molecule is CCCCCC(CC)(c1ccc(N(c2ccccc2)c2ccc(C3CCCCC3)cc2)cc1)c1ccc(N(c2ccccc2)c2ccc3oc4ccccc4c3c2)cc1. The van der Waals surface area contributed by atoms with E-state index in [0.717, 1.165) is 51.8 Å². The minimum absolute atomic E-state index is 0.113. The summed E-state index contributed by atoms with van der Waals surface area (Å²) in [5.41, 5.74) is 12.9. The van der Waals surface area contributed by atoms with Gasteiger partial charge in [0.05, 0.1) is 0 Å². The summed E-state index contributed by atoms with van der Waals surface area (Å²) in [6.45, 7) is 4.68. The van der Waals surface area contributed by atoms with Gasteiger partial charge in [-0.1, -0.05) is 143 Å². The highest BCUT2D eigenvalue weighted by Gasteiger charge is 2.33. The van der Waals surface area contributed by atoms with Gasteiger partial charge in [-0.2, -0.15) is 0 Å². The third-order valence-corrected chi connectivity index (χ3v) is 13.0. The van der Waals surface area contributed by atoms with Crippen LogP contribution in [-0.4, -0.2) is 0 Å². The molecule has 1 fully saturated rings. The number of unbranched alkanes of at least 4 members (excludes halogenated alkanes) is 2. The zero-order valence-corrected chi connectivity index (χ0v) is 34.7. The summed E-state index contributed by atoms with van der Waals surface area (Å²) in [4.78, 5) is 4.78. The smallest absolute Gasteiger partial charge is 0.135 e. The molecular formula is C56H56N2O. The second kappa shape index (κ2) is 17.4. The highest BCUT2D eigenvalue weighted by molar-refractivity contribution is 6.06. The van der Waals surface area contributed by atoms with Gasteiger partial charge in [0, 0.05) is 50.3 Å². The van der Waals surface area contributed by atoms with Crippen molar-refractivity contribution in [2.45, 2.75) is 89.4 Å². The lowest BCUT2D eigenvalue weighted by Crippen LogP contribution is -2.27. The van der Waals surface area contributed by atoms with Gasteiger partial charge in [0.1, 0.15) is 11.2 Å². The number of furan rings is 1. The summed E-state index contributed by atoms with van der Waals surface area (Å²) in [6, 6.07) is 64.8. The third-order valence-electron chi connectivity index (χ3n) is 13.0. The maximum Gasteiger partial charge on any atom is 0.135 e. The standard InChI is InChI=1S/C56H56N2O/c1-3-5-17-40-56(4-2,44-28-34-49(35-29-44)57(46-20-11-7-12-21-46)48-32-26-43(27-33-48)42-18-9-6-10-19-42)45-30-36-50(37-31-45)58(47-22-13-8-14-23-47)51-38-39-55-53(41-51)52-24-15-16-25-54(52)59-55/h7-8,11-16,20-39,41-42H,3-6,9-10,17-19,40H2,1-2H3. The fraction of sp³-hybridized carbons (Fsp3) is 0.250. The average molecular weight is 773 g/mol. The summed E-state index contributed by atoms with van der Waals surface area (Å²) in [5, 5.41) is 2.26. The molecular weight excluding hydrogens is 717 g/mol. The number of anilines is 6. The van der Waals surface area contributed by atoms with Gasteiger partial charge in [0.15, 0.2) is 0 Å². The first-order valence-electron chi connectivity index (χ1n) is 22.1. The summed E-state index contributed by atoms with van der Waals surface area (Å²) in [5.74, 6) is 0.694. The first kappa shape index (κ1) is 38.5. The monoisotopic (exact) mass is 772 g/mol. The van der Waals surface area contributed by atoms with E-state index in [1.807, 2.05) is 12.1 Å². The second-order valence-corrected chi connectivity index (χ2v) is 16.5. The molecule has 8 aromatic rings. The van der Waals surface area contributed by atoms with Crippen molar-refractivity contribution in [3.05, 3.63) is 193 Å². The average Bonchev–Trinajstić information content (AvgIpc) is 3.68. The van der Waals surface area contributed by atoms with Crippen LogP contribution in [0.2, 0.25) is 0 Å². The molecule has 3 nitrogen and oxygen atoms in total. The van der Waals surface area contributed by atoms with Crippen molar-refractivity contribution in [1.29, 1.82) is 0 Å². The van der Waals surface area contributed by atoms with Gasteiger partial charge >= 0.3 is 0 Å². The van der Waals surface area contributed by atoms with E-state index < -0.39 is 0 Å². The first-order valence-corrected chi connectivity index (χ1v) is 22.1. The number of benzene rings is 7. The molecule has 1 unspecified atom stereocenters. The van der Waals surface area contributed by atoms with Crippen molar-refractivity contribution >= 4 is 56.1 Å². The molecule has 0 spiro atoms. The van der Waals surface area contributed by atoms with Crippen LogP contribution in [-0.2, 0) is 5.41 Å². The van der Waals surface area contributed by atoms with Crippen LogP contribution in [0.5, 0.6) is 0 Å². The minimum atomic E-state index is -0.113. The van der Waals surface area contributed by atoms with Crippen LogP contribution >= 0.6 is 0 Å². The molecule has 1 saturated carbocycles. The molecule has 0 radical (unpaired) electrons. The van der Waals surface area contributed by atoms with Crippen LogP contribution in [0.3, 0.4) is 0 Å². The molecule has 296 valence electrons. The molecule has 3 heteroatoms. The quantitative estimate of drug-likeness (QED) is 0.103. The van der Waals surface area contributed by atoms with E-state index in [9.17, 15) is 0 Å². The largest absolute Gasteiger partial charge is 0.456 e. The summed E-state index contributed by atoms with van der Waals surface area (Å²) in [6.07, 6.45) is 12.4. The van der Waals surface area contributed by atoms with Crippen LogP contribution in [0.4, 0.5) is 34.1 Å². The van der Waals surface area contributed by atoms with Gasteiger partial charge in [0.2, 0.25) is 0 Å². The molecule has 1 atom stereocenters. The van der Waals surface area contributed by atoms with Gasteiger partial charge in [-0.05, 0) is 133 Å². The Morgan fingerprint density at radius 3 is 1.54 bits per heavy atom. The van der Waals surface area contributed by atoms with Crippen molar-refractivity contribution < 1.29 is 4.42 Å². The Bertz CT molecular complexity index is 2570. The van der Waals surface area contributed by atoms with Crippen molar-refractivity contribution in [3.63, 3.8) is 0 Å². The van der Waals surface area contributed by atoms with Crippen LogP contribution in [0, 0.1) is 0 Å². The highest BCUT2D eigenvalue weighted by Crippen LogP contribution is 2.45. The predicted molar refractivity (Wildman–Crippen MR) is 251 cm³/mol. The van der Waals surface area contributed by atoms with E-state index in [2.05, 4.69) is 187 Å². The lowest BCUT2D eigenvalue weighted by atomic mass is 9.69. The van der Waals surface area contributed by atoms with E-state index in [-0.39, 0.29) is 5.41 Å². The van der Waals surface area contributed by atoms with E-state index in [4.69, 9.17) is 4.42 Å². The highest BCUT2D eigenvalue weighted by atomic mass is 16.3. The van der Waals surface area contributed by atoms with E-state index in [0.29, 0.717) is 5.92 Å². The Balaban J connectivity index is 1.07.